The number of nitrogens with one attached hydrogen (secondary N) is 1. The number of rotatable bonds is 9. The maximum atomic E-state index is 12.6. The number of ether oxygens (including phenoxy) is 2. The molecule has 0 aromatic heterocycles. The molecule has 1 aliphatic carbocycles. The number of carboxylic acid groups (broad SMARTS) is 1. The number of hydrogen-bond acceptors (Lipinski definition) is 4. The van der Waals surface area contributed by atoms with Crippen molar-refractivity contribution < 1.29 is 24.2 Å². The third kappa shape index (κ3) is 4.61. The van der Waals surface area contributed by atoms with Crippen molar-refractivity contribution in [1.29, 1.82) is 0 Å². The Labute approximate surface area is 146 Å². The average Bonchev–Trinajstić information content (AvgIpc) is 2.48. The van der Waals surface area contributed by atoms with E-state index in [0.29, 0.717) is 25.3 Å². The van der Waals surface area contributed by atoms with E-state index in [0.717, 1.165) is 19.3 Å². The van der Waals surface area contributed by atoms with Gasteiger partial charge in [0.2, 0.25) is 5.91 Å². The van der Waals surface area contributed by atoms with E-state index in [1.54, 1.807) is 18.2 Å². The number of carboxylic acids is 1. The van der Waals surface area contributed by atoms with Crippen LogP contribution in [-0.4, -0.2) is 36.8 Å². The summed E-state index contributed by atoms with van der Waals surface area (Å²) in [6, 6.07) is 4.76. The van der Waals surface area contributed by atoms with Gasteiger partial charge in [-0.05, 0) is 44.4 Å². The summed E-state index contributed by atoms with van der Waals surface area (Å²) in [6.07, 6.45) is 3.47. The quantitative estimate of drug-likeness (QED) is 0.663. The van der Waals surface area contributed by atoms with Gasteiger partial charge in [-0.1, -0.05) is 18.0 Å². The van der Waals surface area contributed by atoms with Crippen molar-refractivity contribution in [2.45, 2.75) is 32.6 Å². The van der Waals surface area contributed by atoms with Gasteiger partial charge in [-0.15, -0.1) is 0 Å². The Morgan fingerprint density at radius 1 is 1.38 bits per heavy atom. The average molecular weight is 356 g/mol. The van der Waals surface area contributed by atoms with Gasteiger partial charge < -0.3 is 19.9 Å². The van der Waals surface area contributed by atoms with Gasteiger partial charge in [-0.2, -0.15) is 0 Å². The molecule has 0 heterocycles. The minimum Gasteiger partial charge on any atom is -0.480 e. The molecule has 132 valence electrons. The van der Waals surface area contributed by atoms with Crippen LogP contribution in [0.2, 0.25) is 5.02 Å². The molecule has 1 saturated carbocycles. The zero-order chi connectivity index (χ0) is 17.6. The molecule has 24 heavy (non-hydrogen) atoms. The number of benzene rings is 1. The second kappa shape index (κ2) is 8.35. The van der Waals surface area contributed by atoms with E-state index in [4.69, 9.17) is 26.2 Å². The smallest absolute Gasteiger partial charge is 0.341 e. The maximum absolute atomic E-state index is 12.6. The lowest BCUT2D eigenvalue weighted by molar-refractivity contribution is -0.139. The van der Waals surface area contributed by atoms with Gasteiger partial charge >= 0.3 is 5.97 Å². The predicted octanol–water partition coefficient (Wildman–Crippen LogP) is 3.34. The van der Waals surface area contributed by atoms with E-state index in [1.807, 2.05) is 6.92 Å². The van der Waals surface area contributed by atoms with Crippen LogP contribution in [0.5, 0.6) is 5.75 Å². The first-order valence-electron chi connectivity index (χ1n) is 8.00. The summed E-state index contributed by atoms with van der Waals surface area (Å²) in [5, 5.41) is 11.8. The van der Waals surface area contributed by atoms with Gasteiger partial charge in [0.05, 0.1) is 10.4 Å². The molecule has 0 atom stereocenters. The number of anilines is 1. The largest absolute Gasteiger partial charge is 0.480 e. The summed E-state index contributed by atoms with van der Waals surface area (Å²) in [5.41, 5.74) is 0.204. The first-order chi connectivity index (χ1) is 11.5. The number of amides is 1. The van der Waals surface area contributed by atoms with E-state index in [-0.39, 0.29) is 22.1 Å². The molecule has 6 nitrogen and oxygen atoms in total. The highest BCUT2D eigenvalue weighted by atomic mass is 35.5. The fourth-order valence-corrected chi connectivity index (χ4v) is 2.94. The van der Waals surface area contributed by atoms with Crippen LogP contribution in [0.25, 0.3) is 0 Å². The second-order valence-electron chi connectivity index (χ2n) is 5.86. The first kappa shape index (κ1) is 18.5. The van der Waals surface area contributed by atoms with Crippen LogP contribution in [0.3, 0.4) is 0 Å². The van der Waals surface area contributed by atoms with E-state index in [2.05, 4.69) is 5.32 Å². The molecule has 2 rings (SSSR count). The van der Waals surface area contributed by atoms with Gasteiger partial charge in [-0.3, -0.25) is 4.79 Å². The first-order valence-corrected chi connectivity index (χ1v) is 8.38. The summed E-state index contributed by atoms with van der Waals surface area (Å²) in [5.74, 6) is -0.833. The fraction of sp³-hybridized carbons (Fsp3) is 0.529. The van der Waals surface area contributed by atoms with Crippen LogP contribution in [0.15, 0.2) is 18.2 Å². The van der Waals surface area contributed by atoms with Crippen LogP contribution >= 0.6 is 11.6 Å². The zero-order valence-corrected chi connectivity index (χ0v) is 14.4. The SMILES string of the molecule is CCOCCC1(C(=O)Nc2ccc(OCC(=O)O)c(Cl)c2)CCC1. The second-order valence-corrected chi connectivity index (χ2v) is 6.27. The lowest BCUT2D eigenvalue weighted by Crippen LogP contribution is -2.42. The van der Waals surface area contributed by atoms with Gasteiger partial charge in [0, 0.05) is 18.9 Å². The molecular weight excluding hydrogens is 334 g/mol. The fourth-order valence-electron chi connectivity index (χ4n) is 2.70. The Morgan fingerprint density at radius 2 is 2.12 bits per heavy atom. The predicted molar refractivity (Wildman–Crippen MR) is 90.6 cm³/mol. The molecule has 0 aliphatic heterocycles. The molecule has 1 amide bonds. The van der Waals surface area contributed by atoms with Crippen LogP contribution in [0, 0.1) is 5.41 Å². The minimum atomic E-state index is -1.08. The maximum Gasteiger partial charge on any atom is 0.341 e. The number of hydrogen-bond donors (Lipinski definition) is 2. The third-order valence-electron chi connectivity index (χ3n) is 4.26. The lowest BCUT2D eigenvalue weighted by Gasteiger charge is -2.40. The van der Waals surface area contributed by atoms with E-state index >= 15 is 0 Å². The summed E-state index contributed by atoms with van der Waals surface area (Å²) in [6.45, 7) is 2.69. The van der Waals surface area contributed by atoms with E-state index < -0.39 is 12.6 Å². The Balaban J connectivity index is 1.98. The van der Waals surface area contributed by atoms with Crippen molar-refractivity contribution >= 4 is 29.2 Å². The number of aliphatic carboxylic acids is 1. The van der Waals surface area contributed by atoms with Gasteiger partial charge in [0.1, 0.15) is 5.75 Å². The molecule has 0 saturated heterocycles. The molecule has 1 fully saturated rings. The Bertz CT molecular complexity index is 601. The van der Waals surface area contributed by atoms with Crippen molar-refractivity contribution in [2.75, 3.05) is 25.1 Å². The van der Waals surface area contributed by atoms with Crippen molar-refractivity contribution in [3.05, 3.63) is 23.2 Å². The Kier molecular flexibility index (Phi) is 6.45. The normalized spacial score (nSPS) is 15.4. The lowest BCUT2D eigenvalue weighted by atomic mass is 9.66. The topological polar surface area (TPSA) is 84.9 Å². The summed E-state index contributed by atoms with van der Waals surface area (Å²) >= 11 is 6.07. The van der Waals surface area contributed by atoms with Crippen LogP contribution in [0.1, 0.15) is 32.6 Å². The standard InChI is InChI=1S/C17H22ClNO5/c1-2-23-9-8-17(6-3-7-17)16(22)19-12-4-5-14(13(18)10-12)24-11-15(20)21/h4-5,10H,2-3,6-9,11H2,1H3,(H,19,22)(H,20,21). The Morgan fingerprint density at radius 3 is 2.67 bits per heavy atom. The molecule has 0 bridgehead atoms. The van der Waals surface area contributed by atoms with Gasteiger partial charge in [0.15, 0.2) is 6.61 Å². The third-order valence-corrected chi connectivity index (χ3v) is 4.56. The highest BCUT2D eigenvalue weighted by Gasteiger charge is 2.43. The van der Waals surface area contributed by atoms with Crippen LogP contribution in [-0.2, 0) is 14.3 Å². The molecular formula is C17H22ClNO5. The molecule has 7 heteroatoms. The monoisotopic (exact) mass is 355 g/mol. The summed E-state index contributed by atoms with van der Waals surface area (Å²) in [7, 11) is 0. The van der Waals surface area contributed by atoms with E-state index in [9.17, 15) is 9.59 Å². The van der Waals surface area contributed by atoms with Crippen molar-refractivity contribution in [2.24, 2.45) is 5.41 Å². The molecule has 0 radical (unpaired) electrons. The zero-order valence-electron chi connectivity index (χ0n) is 13.6. The number of halogens is 1. The van der Waals surface area contributed by atoms with Crippen LogP contribution in [0.4, 0.5) is 5.69 Å². The number of carbonyl (C=O) groups is 2. The number of carbonyl (C=O) groups excluding carboxylic acids is 1. The molecule has 0 spiro atoms. The minimum absolute atomic E-state index is 0.0243. The van der Waals surface area contributed by atoms with Crippen molar-refractivity contribution in [3.8, 4) is 5.75 Å². The van der Waals surface area contributed by atoms with E-state index in [1.165, 1.54) is 0 Å². The molecule has 1 aromatic rings. The highest BCUT2D eigenvalue weighted by Crippen LogP contribution is 2.45. The highest BCUT2D eigenvalue weighted by molar-refractivity contribution is 6.32. The Hall–Kier alpha value is -1.79. The molecule has 1 aromatic carbocycles. The molecule has 0 unspecified atom stereocenters. The summed E-state index contributed by atoms with van der Waals surface area (Å²) < 4.78 is 10.4. The van der Waals surface area contributed by atoms with Crippen LogP contribution < -0.4 is 10.1 Å². The summed E-state index contributed by atoms with van der Waals surface area (Å²) in [4.78, 5) is 23.1. The van der Waals surface area contributed by atoms with Gasteiger partial charge in [0.25, 0.3) is 0 Å². The molecule has 1 aliphatic rings. The molecule has 2 N–H and O–H groups in total. The van der Waals surface area contributed by atoms with Crippen molar-refractivity contribution in [1.82, 2.24) is 0 Å². The van der Waals surface area contributed by atoms with Crippen molar-refractivity contribution in [3.63, 3.8) is 0 Å². The van der Waals surface area contributed by atoms with Gasteiger partial charge in [-0.25, -0.2) is 4.79 Å².